The maximum Gasteiger partial charge on any atom is 0.130 e. The first-order valence-electron chi connectivity index (χ1n) is 5.39. The van der Waals surface area contributed by atoms with Crippen LogP contribution in [-0.2, 0) is 6.61 Å². The van der Waals surface area contributed by atoms with Crippen LogP contribution in [-0.4, -0.2) is 0 Å². The molecular formula is C14H11BrF2O. The Labute approximate surface area is 113 Å². The van der Waals surface area contributed by atoms with Crippen LogP contribution >= 0.6 is 15.9 Å². The minimum absolute atomic E-state index is 0.0728. The molecule has 0 aliphatic heterocycles. The molecule has 0 spiro atoms. The van der Waals surface area contributed by atoms with Gasteiger partial charge in [0.15, 0.2) is 0 Å². The summed E-state index contributed by atoms with van der Waals surface area (Å²) in [5, 5.41) is 0. The second kappa shape index (κ2) is 5.48. The molecule has 94 valence electrons. The second-order valence-corrected chi connectivity index (χ2v) is 4.85. The molecule has 2 aromatic rings. The number of ether oxygens (including phenoxy) is 1. The lowest BCUT2D eigenvalue weighted by molar-refractivity contribution is 0.296. The fourth-order valence-corrected chi connectivity index (χ4v) is 1.86. The van der Waals surface area contributed by atoms with Crippen LogP contribution in [0.1, 0.15) is 11.1 Å². The van der Waals surface area contributed by atoms with E-state index in [-0.39, 0.29) is 18.2 Å². The van der Waals surface area contributed by atoms with E-state index in [4.69, 9.17) is 4.74 Å². The van der Waals surface area contributed by atoms with Gasteiger partial charge in [0, 0.05) is 16.1 Å². The van der Waals surface area contributed by atoms with Crippen molar-refractivity contribution in [1.29, 1.82) is 0 Å². The molecule has 0 saturated heterocycles. The lowest BCUT2D eigenvalue weighted by Gasteiger charge is -2.10. The second-order valence-electron chi connectivity index (χ2n) is 3.93. The zero-order chi connectivity index (χ0) is 13.1. The Morgan fingerprint density at radius 1 is 1.11 bits per heavy atom. The molecule has 0 aliphatic rings. The van der Waals surface area contributed by atoms with E-state index in [1.165, 1.54) is 18.2 Å². The molecule has 0 fully saturated rings. The molecule has 0 unspecified atom stereocenters. The van der Waals surface area contributed by atoms with Crippen molar-refractivity contribution in [2.75, 3.05) is 0 Å². The molecule has 0 aromatic heterocycles. The van der Waals surface area contributed by atoms with Crippen molar-refractivity contribution in [3.63, 3.8) is 0 Å². The molecule has 0 amide bonds. The van der Waals surface area contributed by atoms with Gasteiger partial charge in [0.1, 0.15) is 24.0 Å². The molecule has 0 bridgehead atoms. The van der Waals surface area contributed by atoms with Crippen molar-refractivity contribution in [2.45, 2.75) is 13.5 Å². The zero-order valence-corrected chi connectivity index (χ0v) is 11.3. The van der Waals surface area contributed by atoms with Gasteiger partial charge < -0.3 is 4.74 Å². The van der Waals surface area contributed by atoms with E-state index in [1.807, 2.05) is 6.92 Å². The molecule has 4 heteroatoms. The highest BCUT2D eigenvalue weighted by molar-refractivity contribution is 9.10. The summed E-state index contributed by atoms with van der Waals surface area (Å²) < 4.78 is 32.7. The van der Waals surface area contributed by atoms with Crippen molar-refractivity contribution >= 4 is 15.9 Å². The SMILES string of the molecule is Cc1ccc(F)cc1OCc1ccc(Br)cc1F. The van der Waals surface area contributed by atoms with Crippen molar-refractivity contribution in [3.05, 3.63) is 63.6 Å². The quantitative estimate of drug-likeness (QED) is 0.804. The van der Waals surface area contributed by atoms with E-state index in [0.29, 0.717) is 15.8 Å². The number of hydrogen-bond donors (Lipinski definition) is 0. The monoisotopic (exact) mass is 312 g/mol. The summed E-state index contributed by atoms with van der Waals surface area (Å²) in [6.07, 6.45) is 0. The number of rotatable bonds is 3. The fraction of sp³-hybridized carbons (Fsp3) is 0.143. The molecule has 2 rings (SSSR count). The maximum atomic E-state index is 13.5. The van der Waals surface area contributed by atoms with Gasteiger partial charge in [-0.15, -0.1) is 0 Å². The number of aryl methyl sites for hydroxylation is 1. The molecule has 2 aromatic carbocycles. The standard InChI is InChI=1S/C14H11BrF2O/c1-9-2-5-12(16)7-14(9)18-8-10-3-4-11(15)6-13(10)17/h2-7H,8H2,1H3. The average Bonchev–Trinajstić information content (AvgIpc) is 2.32. The van der Waals surface area contributed by atoms with E-state index < -0.39 is 0 Å². The van der Waals surface area contributed by atoms with Crippen LogP contribution < -0.4 is 4.74 Å². The summed E-state index contributed by atoms with van der Waals surface area (Å²) in [4.78, 5) is 0. The Balaban J connectivity index is 2.13. The Morgan fingerprint density at radius 2 is 1.89 bits per heavy atom. The molecule has 0 saturated carbocycles. The van der Waals surface area contributed by atoms with Gasteiger partial charge in [0.25, 0.3) is 0 Å². The Bertz CT molecular complexity index is 570. The van der Waals surface area contributed by atoms with Gasteiger partial charge in [-0.1, -0.05) is 28.1 Å². The highest BCUT2D eigenvalue weighted by Gasteiger charge is 2.06. The Hall–Kier alpha value is -1.42. The summed E-state index contributed by atoms with van der Waals surface area (Å²) in [7, 11) is 0. The normalized spacial score (nSPS) is 10.4. The van der Waals surface area contributed by atoms with Crippen molar-refractivity contribution in [3.8, 4) is 5.75 Å². The number of halogens is 3. The van der Waals surface area contributed by atoms with Gasteiger partial charge in [0.05, 0.1) is 0 Å². The van der Waals surface area contributed by atoms with Crippen LogP contribution in [0, 0.1) is 18.6 Å². The summed E-state index contributed by atoms with van der Waals surface area (Å²) in [6.45, 7) is 1.89. The van der Waals surface area contributed by atoms with E-state index in [1.54, 1.807) is 18.2 Å². The van der Waals surface area contributed by atoms with Crippen LogP contribution in [0.3, 0.4) is 0 Å². The van der Waals surface area contributed by atoms with E-state index in [0.717, 1.165) is 5.56 Å². The van der Waals surface area contributed by atoms with Gasteiger partial charge in [-0.2, -0.15) is 0 Å². The third-order valence-electron chi connectivity index (χ3n) is 2.55. The third-order valence-corrected chi connectivity index (χ3v) is 3.04. The van der Waals surface area contributed by atoms with Gasteiger partial charge in [0.2, 0.25) is 0 Å². The highest BCUT2D eigenvalue weighted by atomic mass is 79.9. The minimum atomic E-state index is -0.369. The first kappa shape index (κ1) is 13.0. The number of hydrogen-bond acceptors (Lipinski definition) is 1. The van der Waals surface area contributed by atoms with Crippen LogP contribution in [0.4, 0.5) is 8.78 Å². The van der Waals surface area contributed by atoms with E-state index >= 15 is 0 Å². The number of benzene rings is 2. The molecule has 0 radical (unpaired) electrons. The largest absolute Gasteiger partial charge is 0.488 e. The highest BCUT2D eigenvalue weighted by Crippen LogP contribution is 2.21. The summed E-state index contributed by atoms with van der Waals surface area (Å²) in [6, 6.07) is 9.03. The molecule has 0 atom stereocenters. The summed E-state index contributed by atoms with van der Waals surface area (Å²) in [5.41, 5.74) is 1.25. The predicted molar refractivity (Wildman–Crippen MR) is 69.6 cm³/mol. The maximum absolute atomic E-state index is 13.5. The van der Waals surface area contributed by atoms with Crippen LogP contribution in [0.15, 0.2) is 40.9 Å². The van der Waals surface area contributed by atoms with E-state index in [9.17, 15) is 8.78 Å². The average molecular weight is 313 g/mol. The lowest BCUT2D eigenvalue weighted by atomic mass is 10.2. The molecule has 18 heavy (non-hydrogen) atoms. The van der Waals surface area contributed by atoms with Crippen LogP contribution in [0.5, 0.6) is 5.75 Å². The van der Waals surface area contributed by atoms with Crippen molar-refractivity contribution in [1.82, 2.24) is 0 Å². The first-order chi connectivity index (χ1) is 8.56. The lowest BCUT2D eigenvalue weighted by Crippen LogP contribution is -2.00. The van der Waals surface area contributed by atoms with E-state index in [2.05, 4.69) is 15.9 Å². The third kappa shape index (κ3) is 3.07. The van der Waals surface area contributed by atoms with Crippen molar-refractivity contribution in [2.24, 2.45) is 0 Å². The minimum Gasteiger partial charge on any atom is -0.488 e. The molecular weight excluding hydrogens is 302 g/mol. The zero-order valence-electron chi connectivity index (χ0n) is 9.71. The summed E-state index contributed by atoms with van der Waals surface area (Å²) in [5.74, 6) is -0.289. The topological polar surface area (TPSA) is 9.23 Å². The Morgan fingerprint density at radius 3 is 2.61 bits per heavy atom. The smallest absolute Gasteiger partial charge is 0.130 e. The van der Waals surface area contributed by atoms with Crippen molar-refractivity contribution < 1.29 is 13.5 Å². The van der Waals surface area contributed by atoms with Gasteiger partial charge in [-0.3, -0.25) is 0 Å². The Kier molecular flexibility index (Phi) is 3.97. The van der Waals surface area contributed by atoms with Gasteiger partial charge in [-0.05, 0) is 30.7 Å². The molecule has 0 heterocycles. The first-order valence-corrected chi connectivity index (χ1v) is 6.18. The predicted octanol–water partition coefficient (Wildman–Crippen LogP) is 4.61. The van der Waals surface area contributed by atoms with Crippen LogP contribution in [0.2, 0.25) is 0 Å². The van der Waals surface area contributed by atoms with Crippen LogP contribution in [0.25, 0.3) is 0 Å². The summed E-state index contributed by atoms with van der Waals surface area (Å²) >= 11 is 3.18. The molecule has 0 aliphatic carbocycles. The fourth-order valence-electron chi connectivity index (χ4n) is 1.52. The van der Waals surface area contributed by atoms with Gasteiger partial charge in [-0.25, -0.2) is 8.78 Å². The molecule has 1 nitrogen and oxygen atoms in total. The van der Waals surface area contributed by atoms with Gasteiger partial charge >= 0.3 is 0 Å². The molecule has 0 N–H and O–H groups in total.